The van der Waals surface area contributed by atoms with Gasteiger partial charge >= 0.3 is 0 Å². The number of halogens is 1. The Morgan fingerprint density at radius 1 is 0.867 bits per heavy atom. The van der Waals surface area contributed by atoms with E-state index in [0.717, 1.165) is 33.0 Å². The third-order valence-corrected chi connectivity index (χ3v) is 5.99. The van der Waals surface area contributed by atoms with E-state index in [9.17, 15) is 4.79 Å². The summed E-state index contributed by atoms with van der Waals surface area (Å²) in [7, 11) is 0. The molecule has 30 heavy (non-hydrogen) atoms. The van der Waals surface area contributed by atoms with Crippen LogP contribution < -0.4 is 0 Å². The van der Waals surface area contributed by atoms with Crippen molar-refractivity contribution in [2.45, 2.75) is 25.4 Å². The van der Waals surface area contributed by atoms with Gasteiger partial charge in [-0.05, 0) is 35.4 Å². The molecule has 0 unspecified atom stereocenters. The number of carbonyl (C=O) groups is 1. The molecule has 4 aromatic rings. The molecule has 3 aromatic carbocycles. The normalized spacial score (nSPS) is 16.5. The average molecular weight is 416 g/mol. The number of fused-ring (bicyclic) bond motifs is 1. The lowest BCUT2D eigenvalue weighted by atomic mass is 10.1. The Hall–Kier alpha value is -3.11. The second kappa shape index (κ2) is 7.96. The highest BCUT2D eigenvalue weighted by atomic mass is 35.5. The summed E-state index contributed by atoms with van der Waals surface area (Å²) < 4.78 is 2.25. The maximum atomic E-state index is 12.8. The van der Waals surface area contributed by atoms with Crippen molar-refractivity contribution in [2.75, 3.05) is 6.54 Å². The topological polar surface area (TPSA) is 38.1 Å². The lowest BCUT2D eigenvalue weighted by Gasteiger charge is -2.17. The van der Waals surface area contributed by atoms with Crippen molar-refractivity contribution in [2.24, 2.45) is 0 Å². The number of carbonyl (C=O) groups excluding carboxylic acids is 1. The van der Waals surface area contributed by atoms with Crippen molar-refractivity contribution < 1.29 is 4.79 Å². The summed E-state index contributed by atoms with van der Waals surface area (Å²) in [5, 5.41) is 0.729. The van der Waals surface area contributed by atoms with Gasteiger partial charge in [-0.3, -0.25) is 4.79 Å². The molecule has 0 saturated carbocycles. The van der Waals surface area contributed by atoms with Gasteiger partial charge < -0.3 is 9.47 Å². The molecule has 0 spiro atoms. The summed E-state index contributed by atoms with van der Waals surface area (Å²) >= 11 is 6.06. The van der Waals surface area contributed by atoms with E-state index < -0.39 is 0 Å². The molecular weight excluding hydrogens is 394 g/mol. The maximum absolute atomic E-state index is 12.8. The molecule has 1 aliphatic rings. The second-order valence-corrected chi connectivity index (χ2v) is 8.27. The highest BCUT2D eigenvalue weighted by Crippen LogP contribution is 2.32. The van der Waals surface area contributed by atoms with Crippen LogP contribution in [0.4, 0.5) is 0 Å². The van der Waals surface area contributed by atoms with E-state index in [0.29, 0.717) is 26.1 Å². The van der Waals surface area contributed by atoms with E-state index in [2.05, 4.69) is 22.8 Å². The third kappa shape index (κ3) is 3.71. The molecule has 1 fully saturated rings. The summed E-state index contributed by atoms with van der Waals surface area (Å²) in [5.74, 6) is 1.25. The fraction of sp³-hybridized carbons (Fsp3) is 0.200. The van der Waals surface area contributed by atoms with Crippen LogP contribution in [0.25, 0.3) is 11.0 Å². The molecular formula is C25H22ClN3O. The molecule has 2 heterocycles. The Labute approximate surface area is 180 Å². The summed E-state index contributed by atoms with van der Waals surface area (Å²) in [6.45, 7) is 2.04. The molecule has 5 rings (SSSR count). The van der Waals surface area contributed by atoms with Crippen molar-refractivity contribution in [3.05, 3.63) is 101 Å². The van der Waals surface area contributed by atoms with E-state index in [1.165, 1.54) is 0 Å². The third-order valence-electron chi connectivity index (χ3n) is 5.73. The van der Waals surface area contributed by atoms with Crippen molar-refractivity contribution in [3.8, 4) is 0 Å². The molecule has 1 atom stereocenters. The van der Waals surface area contributed by atoms with Gasteiger partial charge in [0.25, 0.3) is 0 Å². The number of rotatable bonds is 5. The standard InChI is InChI=1S/C25H22ClN3O/c26-21-12-10-19(11-13-21)16-29-23-9-5-4-8-22(23)27-25(29)20-14-24(30)28(17-20)15-18-6-2-1-3-7-18/h1-13,20H,14-17H2/t20-/m1/s1. The predicted molar refractivity (Wildman–Crippen MR) is 120 cm³/mol. The zero-order valence-electron chi connectivity index (χ0n) is 16.5. The number of hydrogen-bond donors (Lipinski definition) is 0. The number of benzene rings is 3. The van der Waals surface area contributed by atoms with Gasteiger partial charge in [-0.2, -0.15) is 0 Å². The van der Waals surface area contributed by atoms with E-state index in [1.807, 2.05) is 65.6 Å². The van der Waals surface area contributed by atoms with Gasteiger partial charge in [-0.1, -0.05) is 66.2 Å². The molecule has 4 nitrogen and oxygen atoms in total. The van der Waals surface area contributed by atoms with Gasteiger partial charge in [0.2, 0.25) is 5.91 Å². The van der Waals surface area contributed by atoms with Gasteiger partial charge in [-0.25, -0.2) is 4.98 Å². The zero-order chi connectivity index (χ0) is 20.5. The second-order valence-electron chi connectivity index (χ2n) is 7.83. The number of amides is 1. The van der Waals surface area contributed by atoms with Crippen molar-refractivity contribution in [1.82, 2.24) is 14.5 Å². The van der Waals surface area contributed by atoms with Crippen LogP contribution in [-0.2, 0) is 17.9 Å². The Kier molecular flexibility index (Phi) is 5.01. The van der Waals surface area contributed by atoms with Crippen LogP contribution >= 0.6 is 11.6 Å². The van der Waals surface area contributed by atoms with Crippen LogP contribution in [0, 0.1) is 0 Å². The van der Waals surface area contributed by atoms with E-state index in [1.54, 1.807) is 0 Å². The summed E-state index contributed by atoms with van der Waals surface area (Å²) in [6, 6.07) is 26.2. The molecule has 0 N–H and O–H groups in total. The van der Waals surface area contributed by atoms with E-state index >= 15 is 0 Å². The molecule has 5 heteroatoms. The van der Waals surface area contributed by atoms with Crippen LogP contribution in [0.5, 0.6) is 0 Å². The van der Waals surface area contributed by atoms with Crippen LogP contribution in [0.15, 0.2) is 78.9 Å². The minimum atomic E-state index is 0.0842. The Balaban J connectivity index is 1.46. The quantitative estimate of drug-likeness (QED) is 0.446. The van der Waals surface area contributed by atoms with Gasteiger partial charge in [0.15, 0.2) is 0 Å². The SMILES string of the molecule is O=C1C[C@@H](c2nc3ccccc3n2Cc2ccc(Cl)cc2)CN1Cc1ccccc1. The first-order chi connectivity index (χ1) is 14.7. The number of hydrogen-bond acceptors (Lipinski definition) is 2. The van der Waals surface area contributed by atoms with Gasteiger partial charge in [-0.15, -0.1) is 0 Å². The number of para-hydroxylation sites is 2. The van der Waals surface area contributed by atoms with Gasteiger partial charge in [0.1, 0.15) is 5.82 Å². The lowest BCUT2D eigenvalue weighted by Crippen LogP contribution is -2.24. The van der Waals surface area contributed by atoms with Crippen LogP contribution in [0.2, 0.25) is 5.02 Å². The average Bonchev–Trinajstić information content (AvgIpc) is 3.31. The van der Waals surface area contributed by atoms with Crippen molar-refractivity contribution in [1.29, 1.82) is 0 Å². The molecule has 1 amide bonds. The maximum Gasteiger partial charge on any atom is 0.223 e. The highest BCUT2D eigenvalue weighted by Gasteiger charge is 2.34. The fourth-order valence-corrected chi connectivity index (χ4v) is 4.37. The molecule has 1 aromatic heterocycles. The molecule has 1 aliphatic heterocycles. The Morgan fingerprint density at radius 2 is 1.57 bits per heavy atom. The van der Waals surface area contributed by atoms with Crippen LogP contribution in [0.3, 0.4) is 0 Å². The molecule has 0 aliphatic carbocycles. The summed E-state index contributed by atoms with van der Waals surface area (Å²) in [4.78, 5) is 19.7. The van der Waals surface area contributed by atoms with Crippen LogP contribution in [0.1, 0.15) is 29.3 Å². The highest BCUT2D eigenvalue weighted by molar-refractivity contribution is 6.30. The van der Waals surface area contributed by atoms with Crippen molar-refractivity contribution in [3.63, 3.8) is 0 Å². The van der Waals surface area contributed by atoms with Crippen LogP contribution in [-0.4, -0.2) is 26.9 Å². The minimum Gasteiger partial charge on any atom is -0.338 e. The molecule has 150 valence electrons. The largest absolute Gasteiger partial charge is 0.338 e. The van der Waals surface area contributed by atoms with E-state index in [4.69, 9.17) is 16.6 Å². The predicted octanol–water partition coefficient (Wildman–Crippen LogP) is 5.25. The fourth-order valence-electron chi connectivity index (χ4n) is 4.25. The number of likely N-dealkylation sites (tertiary alicyclic amines) is 1. The lowest BCUT2D eigenvalue weighted by molar-refractivity contribution is -0.128. The monoisotopic (exact) mass is 415 g/mol. The minimum absolute atomic E-state index is 0.0842. The smallest absolute Gasteiger partial charge is 0.223 e. The number of nitrogens with zero attached hydrogens (tertiary/aromatic N) is 3. The molecule has 1 saturated heterocycles. The summed E-state index contributed by atoms with van der Waals surface area (Å²) in [6.07, 6.45) is 0.497. The first-order valence-corrected chi connectivity index (χ1v) is 10.6. The van der Waals surface area contributed by atoms with Gasteiger partial charge in [0, 0.05) is 37.0 Å². The molecule has 0 radical (unpaired) electrons. The Morgan fingerprint density at radius 3 is 2.37 bits per heavy atom. The number of imidazole rings is 1. The zero-order valence-corrected chi connectivity index (χ0v) is 17.3. The van der Waals surface area contributed by atoms with Crippen molar-refractivity contribution >= 4 is 28.5 Å². The van der Waals surface area contributed by atoms with E-state index in [-0.39, 0.29) is 11.8 Å². The first-order valence-electron chi connectivity index (χ1n) is 10.2. The molecule has 0 bridgehead atoms. The number of aromatic nitrogens is 2. The summed E-state index contributed by atoms with van der Waals surface area (Å²) in [5.41, 5.74) is 4.38. The Bertz CT molecular complexity index is 1180. The van der Waals surface area contributed by atoms with Gasteiger partial charge in [0.05, 0.1) is 11.0 Å². The first kappa shape index (κ1) is 18.9.